The number of hydrogen-bond donors (Lipinski definition) is 0. The monoisotopic (exact) mass is 280 g/mol. The molecule has 1 unspecified atom stereocenters. The molecule has 0 saturated heterocycles. The summed E-state index contributed by atoms with van der Waals surface area (Å²) >= 11 is 0. The van der Waals surface area contributed by atoms with Crippen LogP contribution in [0, 0.1) is 11.3 Å². The van der Waals surface area contributed by atoms with Gasteiger partial charge in [0.2, 0.25) is 0 Å². The van der Waals surface area contributed by atoms with E-state index in [9.17, 15) is 4.79 Å². The molecule has 4 heteroatoms. The van der Waals surface area contributed by atoms with E-state index in [4.69, 9.17) is 10.00 Å². The molecular weight excluding hydrogens is 264 g/mol. The molecule has 0 N–H and O–H groups in total. The Bertz CT molecular complexity index is 689. The number of aromatic nitrogens is 1. The number of carbonyl (C=O) groups is 1. The predicted molar refractivity (Wildman–Crippen MR) is 79.1 cm³/mol. The first kappa shape index (κ1) is 14.7. The van der Waals surface area contributed by atoms with E-state index in [1.54, 1.807) is 36.5 Å². The SMILES string of the molecule is CCC(Oc1ccccc1C(C)=O)c1cc(C#N)ccn1. The average Bonchev–Trinajstić information content (AvgIpc) is 2.52. The molecule has 0 aliphatic carbocycles. The van der Waals surface area contributed by atoms with Crippen LogP contribution < -0.4 is 4.74 Å². The van der Waals surface area contributed by atoms with Crippen LogP contribution in [-0.2, 0) is 0 Å². The lowest BCUT2D eigenvalue weighted by Crippen LogP contribution is -2.10. The van der Waals surface area contributed by atoms with Gasteiger partial charge in [-0.1, -0.05) is 19.1 Å². The van der Waals surface area contributed by atoms with E-state index in [0.29, 0.717) is 29.0 Å². The summed E-state index contributed by atoms with van der Waals surface area (Å²) in [6, 6.07) is 12.6. The summed E-state index contributed by atoms with van der Waals surface area (Å²) in [6.07, 6.45) is 1.99. The van der Waals surface area contributed by atoms with Crippen molar-refractivity contribution in [3.8, 4) is 11.8 Å². The third-order valence-corrected chi connectivity index (χ3v) is 3.15. The van der Waals surface area contributed by atoms with Gasteiger partial charge in [0.15, 0.2) is 5.78 Å². The largest absolute Gasteiger partial charge is 0.483 e. The summed E-state index contributed by atoms with van der Waals surface area (Å²) in [5, 5.41) is 8.96. The highest BCUT2D eigenvalue weighted by molar-refractivity contribution is 5.96. The van der Waals surface area contributed by atoms with Crippen LogP contribution in [0.3, 0.4) is 0 Å². The van der Waals surface area contributed by atoms with Gasteiger partial charge >= 0.3 is 0 Å². The quantitative estimate of drug-likeness (QED) is 0.784. The summed E-state index contributed by atoms with van der Waals surface area (Å²) < 4.78 is 5.95. The van der Waals surface area contributed by atoms with Crippen molar-refractivity contribution < 1.29 is 9.53 Å². The average molecular weight is 280 g/mol. The van der Waals surface area contributed by atoms with Crippen LogP contribution in [-0.4, -0.2) is 10.8 Å². The third-order valence-electron chi connectivity index (χ3n) is 3.15. The van der Waals surface area contributed by atoms with Gasteiger partial charge in [0.05, 0.1) is 22.9 Å². The topological polar surface area (TPSA) is 63.0 Å². The minimum atomic E-state index is -0.293. The standard InChI is InChI=1S/C17H16N2O2/c1-3-16(15-10-13(11-18)8-9-19-15)21-17-7-5-4-6-14(17)12(2)20/h4-10,16H,3H2,1-2H3. The van der Waals surface area contributed by atoms with Gasteiger partial charge in [-0.15, -0.1) is 0 Å². The molecule has 0 aliphatic heterocycles. The van der Waals surface area contributed by atoms with Crippen LogP contribution in [0.1, 0.15) is 48.0 Å². The number of ketones is 1. The van der Waals surface area contributed by atoms with Gasteiger partial charge in [-0.2, -0.15) is 5.26 Å². The Morgan fingerprint density at radius 3 is 2.81 bits per heavy atom. The van der Waals surface area contributed by atoms with Crippen LogP contribution in [0.2, 0.25) is 0 Å². The number of nitriles is 1. The predicted octanol–water partition coefficient (Wildman–Crippen LogP) is 3.69. The molecule has 1 aromatic heterocycles. The minimum absolute atomic E-state index is 0.0424. The highest BCUT2D eigenvalue weighted by Gasteiger charge is 2.16. The molecule has 0 fully saturated rings. The second-order valence-corrected chi connectivity index (χ2v) is 4.65. The van der Waals surface area contributed by atoms with E-state index in [1.807, 2.05) is 13.0 Å². The summed E-state index contributed by atoms with van der Waals surface area (Å²) in [7, 11) is 0. The molecule has 2 rings (SSSR count). The van der Waals surface area contributed by atoms with E-state index in [-0.39, 0.29) is 11.9 Å². The zero-order chi connectivity index (χ0) is 15.2. The summed E-state index contributed by atoms with van der Waals surface area (Å²) in [5.41, 5.74) is 1.78. The number of hydrogen-bond acceptors (Lipinski definition) is 4. The Kier molecular flexibility index (Phi) is 4.68. The molecule has 0 bridgehead atoms. The van der Waals surface area contributed by atoms with Crippen LogP contribution in [0.4, 0.5) is 0 Å². The van der Waals surface area contributed by atoms with Gasteiger partial charge in [-0.25, -0.2) is 0 Å². The smallest absolute Gasteiger partial charge is 0.163 e. The van der Waals surface area contributed by atoms with Gasteiger partial charge < -0.3 is 4.74 Å². The lowest BCUT2D eigenvalue weighted by molar-refractivity contribution is 0.100. The maximum atomic E-state index is 11.6. The van der Waals surface area contributed by atoms with E-state index < -0.39 is 0 Å². The van der Waals surface area contributed by atoms with Gasteiger partial charge in [-0.05, 0) is 37.6 Å². The van der Waals surface area contributed by atoms with Crippen LogP contribution >= 0.6 is 0 Å². The van der Waals surface area contributed by atoms with E-state index in [0.717, 1.165) is 0 Å². The molecule has 2 aromatic rings. The zero-order valence-corrected chi connectivity index (χ0v) is 12.0. The Morgan fingerprint density at radius 2 is 2.14 bits per heavy atom. The van der Waals surface area contributed by atoms with E-state index in [1.165, 1.54) is 6.92 Å². The molecule has 0 saturated carbocycles. The molecular formula is C17H16N2O2. The highest BCUT2D eigenvalue weighted by Crippen LogP contribution is 2.27. The molecule has 1 aromatic carbocycles. The Labute approximate surface area is 124 Å². The molecule has 1 heterocycles. The summed E-state index contributed by atoms with van der Waals surface area (Å²) in [4.78, 5) is 15.9. The van der Waals surface area contributed by atoms with Crippen molar-refractivity contribution in [2.75, 3.05) is 0 Å². The number of pyridine rings is 1. The number of rotatable bonds is 5. The Balaban J connectivity index is 2.31. The number of Topliss-reactive ketones (excluding diaryl/α,β-unsaturated/α-hetero) is 1. The number of nitrogens with zero attached hydrogens (tertiary/aromatic N) is 2. The van der Waals surface area contributed by atoms with Crippen molar-refractivity contribution in [2.24, 2.45) is 0 Å². The molecule has 0 spiro atoms. The first-order valence-corrected chi connectivity index (χ1v) is 6.78. The third kappa shape index (κ3) is 3.46. The molecule has 0 radical (unpaired) electrons. The van der Waals surface area contributed by atoms with Crippen molar-refractivity contribution in [2.45, 2.75) is 26.4 Å². The van der Waals surface area contributed by atoms with Crippen molar-refractivity contribution in [1.82, 2.24) is 4.98 Å². The van der Waals surface area contributed by atoms with Crippen LogP contribution in [0.15, 0.2) is 42.6 Å². The molecule has 4 nitrogen and oxygen atoms in total. The summed E-state index contributed by atoms with van der Waals surface area (Å²) in [5.74, 6) is 0.500. The Morgan fingerprint density at radius 1 is 1.38 bits per heavy atom. The second kappa shape index (κ2) is 6.67. The zero-order valence-electron chi connectivity index (χ0n) is 12.0. The van der Waals surface area contributed by atoms with Gasteiger partial charge in [0.25, 0.3) is 0 Å². The fourth-order valence-electron chi connectivity index (χ4n) is 2.06. The molecule has 0 aliphatic rings. The van der Waals surface area contributed by atoms with Crippen molar-refractivity contribution in [3.63, 3.8) is 0 Å². The van der Waals surface area contributed by atoms with E-state index >= 15 is 0 Å². The number of carbonyl (C=O) groups excluding carboxylic acids is 1. The van der Waals surface area contributed by atoms with E-state index in [2.05, 4.69) is 11.1 Å². The Hall–Kier alpha value is -2.67. The van der Waals surface area contributed by atoms with Gasteiger partial charge in [0, 0.05) is 6.20 Å². The molecule has 21 heavy (non-hydrogen) atoms. The van der Waals surface area contributed by atoms with Crippen LogP contribution in [0.25, 0.3) is 0 Å². The number of ether oxygens (including phenoxy) is 1. The van der Waals surface area contributed by atoms with Crippen molar-refractivity contribution >= 4 is 5.78 Å². The first-order chi connectivity index (χ1) is 10.2. The fraction of sp³-hybridized carbons (Fsp3) is 0.235. The van der Waals surface area contributed by atoms with Gasteiger partial charge in [0.1, 0.15) is 11.9 Å². The normalized spacial score (nSPS) is 11.5. The fourth-order valence-corrected chi connectivity index (χ4v) is 2.06. The lowest BCUT2D eigenvalue weighted by atomic mass is 10.1. The molecule has 1 atom stereocenters. The summed E-state index contributed by atoms with van der Waals surface area (Å²) in [6.45, 7) is 3.49. The maximum Gasteiger partial charge on any atom is 0.163 e. The maximum absolute atomic E-state index is 11.6. The first-order valence-electron chi connectivity index (χ1n) is 6.78. The molecule has 0 amide bonds. The van der Waals surface area contributed by atoms with Crippen molar-refractivity contribution in [3.05, 3.63) is 59.4 Å². The van der Waals surface area contributed by atoms with Crippen molar-refractivity contribution in [1.29, 1.82) is 5.26 Å². The number of para-hydroxylation sites is 1. The second-order valence-electron chi connectivity index (χ2n) is 4.65. The number of benzene rings is 1. The van der Waals surface area contributed by atoms with Crippen LogP contribution in [0.5, 0.6) is 5.75 Å². The highest BCUT2D eigenvalue weighted by atomic mass is 16.5. The molecule has 106 valence electrons. The minimum Gasteiger partial charge on any atom is -0.483 e. The lowest BCUT2D eigenvalue weighted by Gasteiger charge is -2.18. The van der Waals surface area contributed by atoms with Gasteiger partial charge in [-0.3, -0.25) is 9.78 Å².